The van der Waals surface area contributed by atoms with Crippen LogP contribution >= 0.6 is 0 Å². The molecular formula is C21H31N3O5. The molecular weight excluding hydrogens is 374 g/mol. The van der Waals surface area contributed by atoms with Crippen LogP contribution in [0.5, 0.6) is 0 Å². The number of benzene rings is 1. The van der Waals surface area contributed by atoms with Gasteiger partial charge in [0.1, 0.15) is 12.2 Å². The summed E-state index contributed by atoms with van der Waals surface area (Å²) in [6, 6.07) is 9.32. The highest BCUT2D eigenvalue weighted by molar-refractivity contribution is 5.82. The minimum atomic E-state index is -0.630. The molecule has 0 radical (unpaired) electrons. The van der Waals surface area contributed by atoms with Gasteiger partial charge in [0.15, 0.2) is 0 Å². The third-order valence-electron chi connectivity index (χ3n) is 4.46. The van der Waals surface area contributed by atoms with Crippen LogP contribution in [0, 0.1) is 5.92 Å². The number of piperidine rings is 1. The average Bonchev–Trinajstić information content (AvgIpc) is 2.69. The van der Waals surface area contributed by atoms with E-state index in [4.69, 9.17) is 9.47 Å². The van der Waals surface area contributed by atoms with Gasteiger partial charge in [-0.25, -0.2) is 9.59 Å². The molecule has 0 saturated carbocycles. The largest absolute Gasteiger partial charge is 0.445 e. The van der Waals surface area contributed by atoms with E-state index in [0.717, 1.165) is 18.4 Å². The van der Waals surface area contributed by atoms with E-state index in [9.17, 15) is 14.4 Å². The number of carbonyl (C=O) groups is 3. The van der Waals surface area contributed by atoms with E-state index in [-0.39, 0.29) is 25.2 Å². The highest BCUT2D eigenvalue weighted by atomic mass is 16.6. The zero-order valence-electron chi connectivity index (χ0n) is 17.4. The second kappa shape index (κ2) is 10.7. The minimum absolute atomic E-state index is 0.135. The van der Waals surface area contributed by atoms with E-state index in [2.05, 4.69) is 10.6 Å². The molecule has 1 fully saturated rings. The van der Waals surface area contributed by atoms with Crippen molar-refractivity contribution in [3.05, 3.63) is 35.9 Å². The Balaban J connectivity index is 1.57. The summed E-state index contributed by atoms with van der Waals surface area (Å²) in [6.07, 6.45) is 0.672. The lowest BCUT2D eigenvalue weighted by atomic mass is 9.97. The van der Waals surface area contributed by atoms with Crippen LogP contribution in [0.15, 0.2) is 30.3 Å². The van der Waals surface area contributed by atoms with Crippen molar-refractivity contribution in [1.82, 2.24) is 15.5 Å². The van der Waals surface area contributed by atoms with Crippen molar-refractivity contribution < 1.29 is 23.9 Å². The quantitative estimate of drug-likeness (QED) is 0.758. The molecule has 0 aromatic heterocycles. The fourth-order valence-corrected chi connectivity index (χ4v) is 2.89. The number of hydrogen-bond acceptors (Lipinski definition) is 5. The standard InChI is InChI=1S/C21H31N3O5/c1-21(2,3)29-20(27)24-11-9-16(10-12-24)13-22-18(25)14-23-19(26)28-15-17-7-5-4-6-8-17/h4-8,16H,9-15H2,1-3H3,(H,22,25)(H,23,26). The van der Waals surface area contributed by atoms with Gasteiger partial charge in [-0.05, 0) is 45.1 Å². The van der Waals surface area contributed by atoms with Gasteiger partial charge in [0, 0.05) is 19.6 Å². The molecule has 1 saturated heterocycles. The molecule has 160 valence electrons. The number of alkyl carbamates (subject to hydrolysis) is 1. The van der Waals surface area contributed by atoms with Crippen molar-refractivity contribution in [3.8, 4) is 0 Å². The maximum Gasteiger partial charge on any atom is 0.410 e. The molecule has 0 atom stereocenters. The molecule has 2 N–H and O–H groups in total. The maximum absolute atomic E-state index is 12.1. The number of nitrogens with zero attached hydrogens (tertiary/aromatic N) is 1. The Hall–Kier alpha value is -2.77. The summed E-state index contributed by atoms with van der Waals surface area (Å²) in [7, 11) is 0. The molecule has 0 aliphatic carbocycles. The van der Waals surface area contributed by atoms with Gasteiger partial charge in [0.25, 0.3) is 0 Å². The zero-order chi connectivity index (χ0) is 21.3. The molecule has 1 aromatic rings. The first kappa shape index (κ1) is 22.5. The first-order valence-electron chi connectivity index (χ1n) is 9.92. The summed E-state index contributed by atoms with van der Waals surface area (Å²) in [5.74, 6) is 0.0268. The SMILES string of the molecule is CC(C)(C)OC(=O)N1CCC(CNC(=O)CNC(=O)OCc2ccccc2)CC1. The predicted molar refractivity (Wildman–Crippen MR) is 108 cm³/mol. The van der Waals surface area contributed by atoms with Gasteiger partial charge in [-0.2, -0.15) is 0 Å². The van der Waals surface area contributed by atoms with Crippen molar-refractivity contribution in [3.63, 3.8) is 0 Å². The molecule has 29 heavy (non-hydrogen) atoms. The van der Waals surface area contributed by atoms with E-state index in [1.165, 1.54) is 0 Å². The maximum atomic E-state index is 12.1. The number of carbonyl (C=O) groups excluding carboxylic acids is 3. The average molecular weight is 405 g/mol. The summed E-state index contributed by atoms with van der Waals surface area (Å²) in [6.45, 7) is 7.30. The lowest BCUT2D eigenvalue weighted by Crippen LogP contribution is -2.44. The Bertz CT molecular complexity index is 679. The van der Waals surface area contributed by atoms with Crippen LogP contribution in [-0.4, -0.2) is 54.8 Å². The molecule has 0 spiro atoms. The summed E-state index contributed by atoms with van der Waals surface area (Å²) in [5.41, 5.74) is 0.377. The van der Waals surface area contributed by atoms with Crippen molar-refractivity contribution >= 4 is 18.1 Å². The zero-order valence-corrected chi connectivity index (χ0v) is 17.4. The number of hydrogen-bond donors (Lipinski definition) is 2. The Kier molecular flexibility index (Phi) is 8.30. The van der Waals surface area contributed by atoms with Crippen LogP contribution in [-0.2, 0) is 20.9 Å². The third-order valence-corrected chi connectivity index (χ3v) is 4.46. The molecule has 8 nitrogen and oxygen atoms in total. The Morgan fingerprint density at radius 1 is 1.07 bits per heavy atom. The van der Waals surface area contributed by atoms with E-state index >= 15 is 0 Å². The smallest absolute Gasteiger partial charge is 0.410 e. The summed E-state index contributed by atoms with van der Waals surface area (Å²) < 4.78 is 10.4. The fraction of sp³-hybridized carbons (Fsp3) is 0.571. The van der Waals surface area contributed by atoms with Crippen LogP contribution in [0.2, 0.25) is 0 Å². The summed E-state index contributed by atoms with van der Waals surface area (Å²) >= 11 is 0. The van der Waals surface area contributed by atoms with Crippen molar-refractivity contribution in [2.75, 3.05) is 26.2 Å². The van der Waals surface area contributed by atoms with Gasteiger partial charge in [0.2, 0.25) is 5.91 Å². The lowest BCUT2D eigenvalue weighted by Gasteiger charge is -2.33. The number of nitrogens with one attached hydrogen (secondary N) is 2. The van der Waals surface area contributed by atoms with Crippen molar-refractivity contribution in [2.45, 2.75) is 45.8 Å². The van der Waals surface area contributed by atoms with E-state index in [0.29, 0.717) is 25.6 Å². The van der Waals surface area contributed by atoms with Crippen LogP contribution in [0.4, 0.5) is 9.59 Å². The predicted octanol–water partition coefficient (Wildman–Crippen LogP) is 2.68. The third kappa shape index (κ3) is 8.85. The number of likely N-dealkylation sites (tertiary alicyclic amines) is 1. The first-order chi connectivity index (χ1) is 13.7. The molecule has 1 aliphatic rings. The highest BCUT2D eigenvalue weighted by Crippen LogP contribution is 2.19. The fourth-order valence-electron chi connectivity index (χ4n) is 2.89. The van der Waals surface area contributed by atoms with Gasteiger partial charge < -0.3 is 25.0 Å². The van der Waals surface area contributed by atoms with E-state index in [1.54, 1.807) is 4.90 Å². The number of ether oxygens (including phenoxy) is 2. The number of rotatable bonds is 6. The molecule has 1 aliphatic heterocycles. The van der Waals surface area contributed by atoms with Gasteiger partial charge in [-0.1, -0.05) is 30.3 Å². The molecule has 0 bridgehead atoms. The van der Waals surface area contributed by atoms with Crippen LogP contribution in [0.3, 0.4) is 0 Å². The van der Waals surface area contributed by atoms with Crippen LogP contribution in [0.1, 0.15) is 39.2 Å². The second-order valence-electron chi connectivity index (χ2n) is 8.13. The Labute approximate surface area is 171 Å². The monoisotopic (exact) mass is 405 g/mol. The molecule has 2 rings (SSSR count). The van der Waals surface area contributed by atoms with E-state index in [1.807, 2.05) is 51.1 Å². The van der Waals surface area contributed by atoms with Crippen molar-refractivity contribution in [1.29, 1.82) is 0 Å². The lowest BCUT2D eigenvalue weighted by molar-refractivity contribution is -0.120. The van der Waals surface area contributed by atoms with Crippen molar-refractivity contribution in [2.24, 2.45) is 5.92 Å². The normalized spacial score (nSPS) is 14.8. The van der Waals surface area contributed by atoms with Gasteiger partial charge in [-0.3, -0.25) is 4.79 Å². The Morgan fingerprint density at radius 2 is 1.72 bits per heavy atom. The number of amides is 3. The molecule has 3 amide bonds. The minimum Gasteiger partial charge on any atom is -0.445 e. The topological polar surface area (TPSA) is 97.0 Å². The van der Waals surface area contributed by atoms with Gasteiger partial charge >= 0.3 is 12.2 Å². The van der Waals surface area contributed by atoms with Gasteiger partial charge in [-0.15, -0.1) is 0 Å². The molecule has 1 heterocycles. The first-order valence-corrected chi connectivity index (χ1v) is 9.92. The van der Waals surface area contributed by atoms with Crippen LogP contribution in [0.25, 0.3) is 0 Å². The van der Waals surface area contributed by atoms with Crippen LogP contribution < -0.4 is 10.6 Å². The Morgan fingerprint density at radius 3 is 2.34 bits per heavy atom. The highest BCUT2D eigenvalue weighted by Gasteiger charge is 2.26. The van der Waals surface area contributed by atoms with E-state index < -0.39 is 11.7 Å². The van der Waals surface area contributed by atoms with Gasteiger partial charge in [0.05, 0.1) is 6.54 Å². The second-order valence-corrected chi connectivity index (χ2v) is 8.13. The molecule has 8 heteroatoms. The summed E-state index contributed by atoms with van der Waals surface area (Å²) in [5, 5.41) is 5.26. The molecule has 1 aromatic carbocycles. The molecule has 0 unspecified atom stereocenters. The summed E-state index contributed by atoms with van der Waals surface area (Å²) in [4.78, 5) is 37.4.